The molecule has 0 saturated carbocycles. The Morgan fingerprint density at radius 1 is 1.29 bits per heavy atom. The van der Waals surface area contributed by atoms with E-state index < -0.39 is 0 Å². The summed E-state index contributed by atoms with van der Waals surface area (Å²) in [7, 11) is 0. The predicted molar refractivity (Wildman–Crippen MR) is 71.4 cm³/mol. The van der Waals surface area contributed by atoms with Crippen molar-refractivity contribution in [3.05, 3.63) is 12.4 Å². The Morgan fingerprint density at radius 3 is 2.65 bits per heavy atom. The number of anilines is 2. The molecule has 0 atom stereocenters. The number of piperidine rings is 1. The molecule has 1 fully saturated rings. The minimum absolute atomic E-state index is 0.480. The van der Waals surface area contributed by atoms with Crippen LogP contribution >= 0.6 is 0 Å². The topological polar surface area (TPSA) is 41.0 Å². The zero-order chi connectivity index (χ0) is 12.3. The van der Waals surface area contributed by atoms with Crippen LogP contribution in [0.2, 0.25) is 0 Å². The van der Waals surface area contributed by atoms with Gasteiger partial charge in [0.1, 0.15) is 18.0 Å². The zero-order valence-corrected chi connectivity index (χ0v) is 11.0. The Morgan fingerprint density at radius 2 is 2.00 bits per heavy atom. The second-order valence-electron chi connectivity index (χ2n) is 5.44. The lowest BCUT2D eigenvalue weighted by atomic mass is 9.83. The van der Waals surface area contributed by atoms with Crippen molar-refractivity contribution in [2.75, 3.05) is 29.9 Å². The first kappa shape index (κ1) is 12.1. The Balaban J connectivity index is 2.05. The zero-order valence-electron chi connectivity index (χ0n) is 11.0. The average molecular weight is 234 g/mol. The standard InChI is InChI=1S/C13H22N4/c1-4-14-11-9-12(16-10-15-11)17-7-5-13(2,3)6-8-17/h9-10H,4-8H2,1-3H3,(H,14,15,16). The van der Waals surface area contributed by atoms with Gasteiger partial charge in [0, 0.05) is 25.7 Å². The molecular weight excluding hydrogens is 212 g/mol. The molecule has 1 aliphatic heterocycles. The van der Waals surface area contributed by atoms with E-state index in [2.05, 4.69) is 41.0 Å². The molecule has 1 saturated heterocycles. The fraction of sp³-hybridized carbons (Fsp3) is 0.692. The molecule has 0 unspecified atom stereocenters. The van der Waals surface area contributed by atoms with Gasteiger partial charge in [0.05, 0.1) is 0 Å². The number of nitrogens with one attached hydrogen (secondary N) is 1. The van der Waals surface area contributed by atoms with Crippen molar-refractivity contribution in [1.29, 1.82) is 0 Å². The van der Waals surface area contributed by atoms with Crippen molar-refractivity contribution in [1.82, 2.24) is 9.97 Å². The first-order chi connectivity index (χ1) is 8.11. The average Bonchev–Trinajstić information content (AvgIpc) is 2.30. The molecule has 1 aliphatic rings. The monoisotopic (exact) mass is 234 g/mol. The number of hydrogen-bond acceptors (Lipinski definition) is 4. The molecule has 1 aromatic heterocycles. The van der Waals surface area contributed by atoms with Crippen LogP contribution in [0.25, 0.3) is 0 Å². The molecule has 1 aromatic rings. The minimum Gasteiger partial charge on any atom is -0.370 e. The van der Waals surface area contributed by atoms with Crippen molar-refractivity contribution in [3.8, 4) is 0 Å². The van der Waals surface area contributed by atoms with E-state index in [1.54, 1.807) is 6.33 Å². The Hall–Kier alpha value is -1.32. The Labute approximate surface area is 103 Å². The van der Waals surface area contributed by atoms with Crippen LogP contribution in [-0.4, -0.2) is 29.6 Å². The molecule has 4 nitrogen and oxygen atoms in total. The summed E-state index contributed by atoms with van der Waals surface area (Å²) in [6.07, 6.45) is 4.11. The molecule has 0 aromatic carbocycles. The van der Waals surface area contributed by atoms with E-state index in [1.807, 2.05) is 6.07 Å². The van der Waals surface area contributed by atoms with E-state index in [0.717, 1.165) is 31.3 Å². The summed E-state index contributed by atoms with van der Waals surface area (Å²) in [5.41, 5.74) is 0.480. The highest BCUT2D eigenvalue weighted by Crippen LogP contribution is 2.31. The largest absolute Gasteiger partial charge is 0.370 e. The Bertz CT molecular complexity index is 365. The highest BCUT2D eigenvalue weighted by Gasteiger charge is 2.25. The van der Waals surface area contributed by atoms with Crippen molar-refractivity contribution >= 4 is 11.6 Å². The fourth-order valence-electron chi connectivity index (χ4n) is 2.14. The molecule has 4 heteroatoms. The summed E-state index contributed by atoms with van der Waals surface area (Å²) >= 11 is 0. The molecule has 1 N–H and O–H groups in total. The maximum Gasteiger partial charge on any atom is 0.134 e. The van der Waals surface area contributed by atoms with Gasteiger partial charge >= 0.3 is 0 Å². The van der Waals surface area contributed by atoms with Crippen molar-refractivity contribution < 1.29 is 0 Å². The van der Waals surface area contributed by atoms with Gasteiger partial charge in [-0.05, 0) is 25.2 Å². The molecule has 2 heterocycles. The molecule has 0 radical (unpaired) electrons. The molecule has 94 valence electrons. The smallest absolute Gasteiger partial charge is 0.134 e. The van der Waals surface area contributed by atoms with Crippen LogP contribution in [0, 0.1) is 5.41 Å². The van der Waals surface area contributed by atoms with Crippen LogP contribution in [0.15, 0.2) is 12.4 Å². The van der Waals surface area contributed by atoms with Crippen LogP contribution in [0.3, 0.4) is 0 Å². The minimum atomic E-state index is 0.480. The van der Waals surface area contributed by atoms with Crippen LogP contribution in [0.1, 0.15) is 33.6 Å². The highest BCUT2D eigenvalue weighted by atomic mass is 15.2. The summed E-state index contributed by atoms with van der Waals surface area (Å²) < 4.78 is 0. The van der Waals surface area contributed by atoms with Crippen molar-refractivity contribution in [2.24, 2.45) is 5.41 Å². The summed E-state index contributed by atoms with van der Waals surface area (Å²) in [6, 6.07) is 2.04. The summed E-state index contributed by atoms with van der Waals surface area (Å²) in [6.45, 7) is 9.84. The summed E-state index contributed by atoms with van der Waals surface area (Å²) in [5, 5.41) is 3.23. The molecule has 0 bridgehead atoms. The van der Waals surface area contributed by atoms with Gasteiger partial charge in [-0.3, -0.25) is 0 Å². The number of nitrogens with zero attached hydrogens (tertiary/aromatic N) is 3. The first-order valence-corrected chi connectivity index (χ1v) is 6.41. The third-order valence-corrected chi connectivity index (χ3v) is 3.45. The second-order valence-corrected chi connectivity index (χ2v) is 5.44. The fourth-order valence-corrected chi connectivity index (χ4v) is 2.14. The second kappa shape index (κ2) is 4.90. The normalized spacial score (nSPS) is 19.1. The van der Waals surface area contributed by atoms with Gasteiger partial charge in [-0.25, -0.2) is 9.97 Å². The van der Waals surface area contributed by atoms with Gasteiger partial charge in [-0.1, -0.05) is 13.8 Å². The van der Waals surface area contributed by atoms with E-state index in [-0.39, 0.29) is 0 Å². The number of rotatable bonds is 3. The first-order valence-electron chi connectivity index (χ1n) is 6.41. The lowest BCUT2D eigenvalue weighted by Gasteiger charge is -2.37. The van der Waals surface area contributed by atoms with Crippen LogP contribution in [-0.2, 0) is 0 Å². The van der Waals surface area contributed by atoms with Crippen molar-refractivity contribution in [3.63, 3.8) is 0 Å². The van der Waals surface area contributed by atoms with E-state index in [0.29, 0.717) is 5.41 Å². The third kappa shape index (κ3) is 3.08. The van der Waals surface area contributed by atoms with Crippen LogP contribution in [0.4, 0.5) is 11.6 Å². The molecule has 17 heavy (non-hydrogen) atoms. The number of aromatic nitrogens is 2. The van der Waals surface area contributed by atoms with Crippen molar-refractivity contribution in [2.45, 2.75) is 33.6 Å². The molecule has 0 aliphatic carbocycles. The third-order valence-electron chi connectivity index (χ3n) is 3.45. The Kier molecular flexibility index (Phi) is 3.50. The van der Waals surface area contributed by atoms with E-state index in [1.165, 1.54) is 12.8 Å². The summed E-state index contributed by atoms with van der Waals surface area (Å²) in [4.78, 5) is 10.9. The molecule has 2 rings (SSSR count). The quantitative estimate of drug-likeness (QED) is 0.872. The predicted octanol–water partition coefficient (Wildman–Crippen LogP) is 2.53. The van der Waals surface area contributed by atoms with Gasteiger partial charge in [0.15, 0.2) is 0 Å². The number of hydrogen-bond donors (Lipinski definition) is 1. The van der Waals surface area contributed by atoms with Gasteiger partial charge in [-0.15, -0.1) is 0 Å². The van der Waals surface area contributed by atoms with Gasteiger partial charge in [0.25, 0.3) is 0 Å². The molecular formula is C13H22N4. The van der Waals surface area contributed by atoms with Crippen LogP contribution < -0.4 is 10.2 Å². The lowest BCUT2D eigenvalue weighted by molar-refractivity contribution is 0.279. The summed E-state index contributed by atoms with van der Waals surface area (Å²) in [5.74, 6) is 1.97. The van der Waals surface area contributed by atoms with E-state index in [9.17, 15) is 0 Å². The molecule has 0 spiro atoms. The molecule has 0 amide bonds. The van der Waals surface area contributed by atoms with Gasteiger partial charge in [-0.2, -0.15) is 0 Å². The highest BCUT2D eigenvalue weighted by molar-refractivity contribution is 5.48. The maximum atomic E-state index is 4.37. The van der Waals surface area contributed by atoms with E-state index >= 15 is 0 Å². The SMILES string of the molecule is CCNc1cc(N2CCC(C)(C)CC2)ncn1. The lowest BCUT2D eigenvalue weighted by Crippen LogP contribution is -2.37. The van der Waals surface area contributed by atoms with Crippen LogP contribution in [0.5, 0.6) is 0 Å². The van der Waals surface area contributed by atoms with Gasteiger partial charge in [0.2, 0.25) is 0 Å². The van der Waals surface area contributed by atoms with E-state index in [4.69, 9.17) is 0 Å². The van der Waals surface area contributed by atoms with Gasteiger partial charge < -0.3 is 10.2 Å². The maximum absolute atomic E-state index is 4.37.